The summed E-state index contributed by atoms with van der Waals surface area (Å²) in [5.41, 5.74) is 5.03. The second kappa shape index (κ2) is 8.42. The summed E-state index contributed by atoms with van der Waals surface area (Å²) in [6, 6.07) is 9.65. The zero-order valence-corrected chi connectivity index (χ0v) is 15.0. The molecule has 1 aliphatic carbocycles. The molecular formula is C23H26F2. The van der Waals surface area contributed by atoms with Crippen LogP contribution in [-0.4, -0.2) is 0 Å². The van der Waals surface area contributed by atoms with E-state index < -0.39 is 0 Å². The Bertz CT molecular complexity index is 741. The van der Waals surface area contributed by atoms with E-state index in [1.54, 1.807) is 18.2 Å². The van der Waals surface area contributed by atoms with Gasteiger partial charge in [-0.1, -0.05) is 56.4 Å². The van der Waals surface area contributed by atoms with Crippen molar-refractivity contribution in [3.63, 3.8) is 0 Å². The minimum atomic E-state index is -0.298. The molecule has 0 N–H and O–H groups in total. The normalized spacial score (nSPS) is 13.5. The molecule has 25 heavy (non-hydrogen) atoms. The van der Waals surface area contributed by atoms with Gasteiger partial charge in [-0.05, 0) is 66.6 Å². The largest absolute Gasteiger partial charge is 0.207 e. The second-order valence-corrected chi connectivity index (χ2v) is 7.02. The molecule has 0 radical (unpaired) electrons. The third kappa shape index (κ3) is 4.56. The Morgan fingerprint density at radius 2 is 1.64 bits per heavy atom. The molecular weight excluding hydrogens is 314 g/mol. The molecule has 0 amide bonds. The highest BCUT2D eigenvalue weighted by Gasteiger charge is 2.15. The Hall–Kier alpha value is -1.96. The van der Waals surface area contributed by atoms with E-state index >= 15 is 0 Å². The highest BCUT2D eigenvalue weighted by molar-refractivity contribution is 5.66. The van der Waals surface area contributed by atoms with Crippen molar-refractivity contribution in [3.8, 4) is 11.1 Å². The van der Waals surface area contributed by atoms with Crippen molar-refractivity contribution in [2.24, 2.45) is 0 Å². The molecule has 132 valence electrons. The molecule has 0 bridgehead atoms. The standard InChI is InChI=1S/C23H26F2/c1-2-3-4-5-6-7-17-8-9-19-15-22(23(25)16-20(19)14-17)18-10-12-21(24)13-11-18/h8,10-13,15-16H,2-7,9,14H2,1H3. The van der Waals surface area contributed by atoms with Crippen molar-refractivity contribution in [1.29, 1.82) is 0 Å². The monoisotopic (exact) mass is 340 g/mol. The number of unbranched alkanes of at least 4 members (excludes halogenated alkanes) is 4. The maximum Gasteiger partial charge on any atom is 0.131 e. The van der Waals surface area contributed by atoms with E-state index in [0.29, 0.717) is 5.56 Å². The lowest BCUT2D eigenvalue weighted by molar-refractivity contribution is 0.619. The SMILES string of the molecule is CCCCCCCC1=CCc2cc(-c3ccc(F)cc3)c(F)cc2C1. The first-order valence-electron chi connectivity index (χ1n) is 9.42. The average molecular weight is 340 g/mol. The lowest BCUT2D eigenvalue weighted by Crippen LogP contribution is -2.05. The van der Waals surface area contributed by atoms with Crippen LogP contribution in [0.4, 0.5) is 8.78 Å². The van der Waals surface area contributed by atoms with E-state index in [4.69, 9.17) is 0 Å². The Morgan fingerprint density at radius 3 is 2.40 bits per heavy atom. The number of allylic oxidation sites excluding steroid dienone is 2. The van der Waals surface area contributed by atoms with Crippen LogP contribution >= 0.6 is 0 Å². The fourth-order valence-electron chi connectivity index (χ4n) is 3.58. The van der Waals surface area contributed by atoms with Crippen LogP contribution in [0.15, 0.2) is 48.0 Å². The fourth-order valence-corrected chi connectivity index (χ4v) is 3.58. The molecule has 0 fully saturated rings. The highest BCUT2D eigenvalue weighted by atomic mass is 19.1. The van der Waals surface area contributed by atoms with Gasteiger partial charge >= 0.3 is 0 Å². The zero-order chi connectivity index (χ0) is 17.6. The molecule has 2 heteroatoms. The van der Waals surface area contributed by atoms with Crippen LogP contribution in [0.5, 0.6) is 0 Å². The summed E-state index contributed by atoms with van der Waals surface area (Å²) in [7, 11) is 0. The third-order valence-electron chi connectivity index (χ3n) is 5.07. The van der Waals surface area contributed by atoms with E-state index in [1.807, 2.05) is 6.07 Å². The van der Waals surface area contributed by atoms with E-state index in [0.717, 1.165) is 30.4 Å². The van der Waals surface area contributed by atoms with Crippen molar-refractivity contribution < 1.29 is 8.78 Å². The van der Waals surface area contributed by atoms with Crippen molar-refractivity contribution in [3.05, 3.63) is 70.8 Å². The van der Waals surface area contributed by atoms with Gasteiger partial charge in [0, 0.05) is 5.56 Å². The summed E-state index contributed by atoms with van der Waals surface area (Å²) in [6.07, 6.45) is 11.6. The van der Waals surface area contributed by atoms with Crippen LogP contribution in [0.3, 0.4) is 0 Å². The first-order valence-corrected chi connectivity index (χ1v) is 9.42. The van der Waals surface area contributed by atoms with Crippen LogP contribution in [0.25, 0.3) is 11.1 Å². The van der Waals surface area contributed by atoms with Crippen LogP contribution in [0.2, 0.25) is 0 Å². The Balaban J connectivity index is 1.68. The number of benzene rings is 2. The van der Waals surface area contributed by atoms with Gasteiger partial charge in [0.15, 0.2) is 0 Å². The molecule has 0 unspecified atom stereocenters. The Labute approximate surface area is 149 Å². The van der Waals surface area contributed by atoms with E-state index in [2.05, 4.69) is 13.0 Å². The van der Waals surface area contributed by atoms with Gasteiger partial charge in [0.2, 0.25) is 0 Å². The van der Waals surface area contributed by atoms with Crippen LogP contribution in [-0.2, 0) is 12.8 Å². The van der Waals surface area contributed by atoms with Gasteiger partial charge in [0.25, 0.3) is 0 Å². The smallest absolute Gasteiger partial charge is 0.131 e. The third-order valence-corrected chi connectivity index (χ3v) is 5.07. The first kappa shape index (κ1) is 17.8. The topological polar surface area (TPSA) is 0 Å². The zero-order valence-electron chi connectivity index (χ0n) is 15.0. The molecule has 0 spiro atoms. The van der Waals surface area contributed by atoms with Crippen molar-refractivity contribution in [2.75, 3.05) is 0 Å². The quantitative estimate of drug-likeness (QED) is 0.375. The van der Waals surface area contributed by atoms with Crippen molar-refractivity contribution in [1.82, 2.24) is 0 Å². The lowest BCUT2D eigenvalue weighted by atomic mass is 9.87. The maximum atomic E-state index is 14.6. The molecule has 0 heterocycles. The average Bonchev–Trinajstić information content (AvgIpc) is 2.62. The van der Waals surface area contributed by atoms with Crippen LogP contribution < -0.4 is 0 Å². The molecule has 0 nitrogen and oxygen atoms in total. The van der Waals surface area contributed by atoms with Crippen LogP contribution in [0, 0.1) is 11.6 Å². The molecule has 3 rings (SSSR count). The number of halogens is 2. The molecule has 0 aliphatic heterocycles. The predicted molar refractivity (Wildman–Crippen MR) is 101 cm³/mol. The summed E-state index contributed by atoms with van der Waals surface area (Å²) in [5.74, 6) is -0.511. The maximum absolute atomic E-state index is 14.6. The molecule has 0 saturated heterocycles. The van der Waals surface area contributed by atoms with Gasteiger partial charge in [-0.3, -0.25) is 0 Å². The van der Waals surface area contributed by atoms with Crippen molar-refractivity contribution in [2.45, 2.75) is 58.3 Å². The summed E-state index contributed by atoms with van der Waals surface area (Å²) < 4.78 is 27.7. The summed E-state index contributed by atoms with van der Waals surface area (Å²) in [4.78, 5) is 0. The second-order valence-electron chi connectivity index (χ2n) is 7.02. The van der Waals surface area contributed by atoms with Gasteiger partial charge in [-0.15, -0.1) is 0 Å². The van der Waals surface area contributed by atoms with Gasteiger partial charge < -0.3 is 0 Å². The summed E-state index contributed by atoms with van der Waals surface area (Å²) >= 11 is 0. The molecule has 2 aromatic rings. The number of fused-ring (bicyclic) bond motifs is 1. The minimum absolute atomic E-state index is 0.213. The molecule has 0 saturated carbocycles. The highest BCUT2D eigenvalue weighted by Crippen LogP contribution is 2.31. The van der Waals surface area contributed by atoms with E-state index in [9.17, 15) is 8.78 Å². The summed E-state index contributed by atoms with van der Waals surface area (Å²) in [6.45, 7) is 2.23. The Kier molecular flexibility index (Phi) is 6.01. The lowest BCUT2D eigenvalue weighted by Gasteiger charge is -2.19. The number of hydrogen-bond donors (Lipinski definition) is 0. The molecule has 2 aromatic carbocycles. The molecule has 1 aliphatic rings. The molecule has 0 aromatic heterocycles. The van der Waals surface area contributed by atoms with Gasteiger partial charge in [-0.25, -0.2) is 8.78 Å². The van der Waals surface area contributed by atoms with Crippen LogP contribution in [0.1, 0.15) is 56.6 Å². The number of hydrogen-bond acceptors (Lipinski definition) is 0. The molecule has 0 atom stereocenters. The number of rotatable bonds is 7. The first-order chi connectivity index (χ1) is 12.2. The van der Waals surface area contributed by atoms with Gasteiger partial charge in [0.05, 0.1) is 0 Å². The Morgan fingerprint density at radius 1 is 0.880 bits per heavy atom. The fraction of sp³-hybridized carbons (Fsp3) is 0.391. The van der Waals surface area contributed by atoms with Crippen molar-refractivity contribution >= 4 is 0 Å². The van der Waals surface area contributed by atoms with Gasteiger partial charge in [-0.2, -0.15) is 0 Å². The van der Waals surface area contributed by atoms with E-state index in [-0.39, 0.29) is 11.6 Å². The summed E-state index contributed by atoms with van der Waals surface area (Å²) in [5, 5.41) is 0. The minimum Gasteiger partial charge on any atom is -0.207 e. The van der Waals surface area contributed by atoms with Gasteiger partial charge in [0.1, 0.15) is 11.6 Å². The van der Waals surface area contributed by atoms with E-state index in [1.165, 1.54) is 55.4 Å². The predicted octanol–water partition coefficient (Wildman–Crippen LogP) is 7.02.